The van der Waals surface area contributed by atoms with Gasteiger partial charge in [0, 0.05) is 43.2 Å². The maximum absolute atomic E-state index is 14.9. The molecule has 1 saturated heterocycles. The van der Waals surface area contributed by atoms with Crippen LogP contribution in [0.1, 0.15) is 41.2 Å². The Morgan fingerprint density at radius 3 is 2.65 bits per heavy atom. The monoisotopic (exact) mass is 360 g/mol. The van der Waals surface area contributed by atoms with Gasteiger partial charge in [-0.15, -0.1) is 0 Å². The van der Waals surface area contributed by atoms with Crippen LogP contribution in [0, 0.1) is 18.7 Å². The lowest BCUT2D eigenvalue weighted by Gasteiger charge is -2.24. The second kappa shape index (κ2) is 6.09. The van der Waals surface area contributed by atoms with Crippen LogP contribution in [0.25, 0.3) is 10.9 Å². The molecular weight excluding hydrogens is 339 g/mol. The summed E-state index contributed by atoms with van der Waals surface area (Å²) < 4.78 is 16.8. The van der Waals surface area contributed by atoms with Crippen molar-refractivity contribution in [3.05, 3.63) is 39.4 Å². The summed E-state index contributed by atoms with van der Waals surface area (Å²) in [6.45, 7) is 3.07. The van der Waals surface area contributed by atoms with E-state index >= 15 is 0 Å². The molecule has 2 aliphatic rings. The largest absolute Gasteiger partial charge is 0.477 e. The van der Waals surface area contributed by atoms with Gasteiger partial charge in [0.25, 0.3) is 0 Å². The number of anilines is 1. The number of carbonyl (C=O) groups is 1. The van der Waals surface area contributed by atoms with Gasteiger partial charge >= 0.3 is 5.97 Å². The van der Waals surface area contributed by atoms with Crippen LogP contribution in [-0.4, -0.2) is 40.4 Å². The number of aryl methyl sites for hydroxylation is 1. The number of aliphatic hydroxyl groups excluding tert-OH is 1. The molecule has 7 heteroatoms. The minimum absolute atomic E-state index is 0.0690. The molecule has 0 amide bonds. The van der Waals surface area contributed by atoms with Gasteiger partial charge < -0.3 is 19.7 Å². The van der Waals surface area contributed by atoms with E-state index in [1.807, 2.05) is 9.47 Å². The Morgan fingerprint density at radius 2 is 2.08 bits per heavy atom. The highest BCUT2D eigenvalue weighted by molar-refractivity contribution is 5.95. The highest BCUT2D eigenvalue weighted by Gasteiger charge is 2.31. The van der Waals surface area contributed by atoms with Crippen molar-refractivity contribution < 1.29 is 19.4 Å². The Balaban J connectivity index is 1.97. The Bertz CT molecular complexity index is 964. The first-order valence-corrected chi connectivity index (χ1v) is 8.89. The molecule has 4 rings (SSSR count). The minimum Gasteiger partial charge on any atom is -0.477 e. The van der Waals surface area contributed by atoms with Crippen molar-refractivity contribution in [1.29, 1.82) is 0 Å². The summed E-state index contributed by atoms with van der Waals surface area (Å²) >= 11 is 0. The van der Waals surface area contributed by atoms with Gasteiger partial charge in [-0.3, -0.25) is 4.79 Å². The van der Waals surface area contributed by atoms with Crippen molar-refractivity contribution in [3.8, 4) is 0 Å². The molecule has 1 saturated carbocycles. The number of carboxylic acid groups (broad SMARTS) is 1. The van der Waals surface area contributed by atoms with E-state index in [1.165, 1.54) is 12.3 Å². The summed E-state index contributed by atoms with van der Waals surface area (Å²) in [7, 11) is 0. The first kappa shape index (κ1) is 17.0. The zero-order valence-corrected chi connectivity index (χ0v) is 14.5. The van der Waals surface area contributed by atoms with Gasteiger partial charge in [0.15, 0.2) is 0 Å². The molecule has 6 nitrogen and oxygen atoms in total. The van der Waals surface area contributed by atoms with E-state index in [-0.39, 0.29) is 29.5 Å². The van der Waals surface area contributed by atoms with E-state index in [0.717, 1.165) is 19.3 Å². The highest BCUT2D eigenvalue weighted by Crippen LogP contribution is 2.40. The van der Waals surface area contributed by atoms with Crippen LogP contribution in [0.5, 0.6) is 0 Å². The Kier molecular flexibility index (Phi) is 3.99. The van der Waals surface area contributed by atoms with Crippen molar-refractivity contribution in [2.75, 3.05) is 24.6 Å². The summed E-state index contributed by atoms with van der Waals surface area (Å²) in [5.41, 5.74) is 0.751. The first-order chi connectivity index (χ1) is 12.4. The number of hydrogen-bond acceptors (Lipinski definition) is 4. The number of halogens is 1. The van der Waals surface area contributed by atoms with Gasteiger partial charge in [-0.05, 0) is 37.8 Å². The molecular formula is C19H21FN2O4. The van der Waals surface area contributed by atoms with E-state index in [9.17, 15) is 24.2 Å². The maximum Gasteiger partial charge on any atom is 0.341 e. The third-order valence-corrected chi connectivity index (χ3v) is 5.51. The third kappa shape index (κ3) is 2.58. The zero-order valence-electron chi connectivity index (χ0n) is 14.5. The van der Waals surface area contributed by atoms with Gasteiger partial charge in [0.2, 0.25) is 5.43 Å². The number of fused-ring (bicyclic) bond motifs is 1. The lowest BCUT2D eigenvalue weighted by atomic mass is 10.0. The quantitative estimate of drug-likeness (QED) is 0.874. The molecule has 2 fully saturated rings. The summed E-state index contributed by atoms with van der Waals surface area (Å²) in [6.07, 6.45) is 4.03. The summed E-state index contributed by atoms with van der Waals surface area (Å²) in [5.74, 6) is -1.70. The lowest BCUT2D eigenvalue weighted by molar-refractivity contribution is 0.0695. The topological polar surface area (TPSA) is 82.8 Å². The van der Waals surface area contributed by atoms with Crippen LogP contribution in [0.2, 0.25) is 0 Å². The number of aliphatic hydroxyl groups is 1. The van der Waals surface area contributed by atoms with E-state index in [0.29, 0.717) is 29.9 Å². The number of carboxylic acids is 1. The molecule has 0 bridgehead atoms. The number of hydrogen-bond donors (Lipinski definition) is 2. The molecule has 0 radical (unpaired) electrons. The van der Waals surface area contributed by atoms with Crippen molar-refractivity contribution in [2.45, 2.75) is 32.2 Å². The summed E-state index contributed by atoms with van der Waals surface area (Å²) in [6, 6.07) is 1.33. The van der Waals surface area contributed by atoms with E-state index < -0.39 is 17.2 Å². The normalized spacial score (nSPS) is 20.1. The van der Waals surface area contributed by atoms with Crippen LogP contribution < -0.4 is 10.3 Å². The van der Waals surface area contributed by atoms with Crippen LogP contribution in [0.4, 0.5) is 10.1 Å². The van der Waals surface area contributed by atoms with Crippen molar-refractivity contribution in [3.63, 3.8) is 0 Å². The second-order valence-corrected chi connectivity index (χ2v) is 7.33. The SMILES string of the molecule is Cc1c(N2CC[C@@H](CO)C2)c(F)cc2c(=O)c(C(=O)O)cn(C3CC3)c12. The number of nitrogens with zero attached hydrogens (tertiary/aromatic N) is 2. The van der Waals surface area contributed by atoms with Gasteiger partial charge in [0.1, 0.15) is 11.4 Å². The van der Waals surface area contributed by atoms with Gasteiger partial charge in [0.05, 0.1) is 11.2 Å². The average molecular weight is 360 g/mol. The fraction of sp³-hybridized carbons (Fsp3) is 0.474. The molecule has 1 aliphatic heterocycles. The number of pyridine rings is 1. The van der Waals surface area contributed by atoms with Gasteiger partial charge in [-0.2, -0.15) is 0 Å². The second-order valence-electron chi connectivity index (χ2n) is 7.33. The molecule has 2 N–H and O–H groups in total. The van der Waals surface area contributed by atoms with Crippen molar-refractivity contribution >= 4 is 22.6 Å². The molecule has 1 aromatic carbocycles. The Morgan fingerprint density at radius 1 is 1.35 bits per heavy atom. The molecule has 1 atom stereocenters. The number of aromatic carboxylic acids is 1. The van der Waals surface area contributed by atoms with Crippen LogP contribution in [0.15, 0.2) is 17.1 Å². The number of benzene rings is 1. The van der Waals surface area contributed by atoms with Crippen LogP contribution in [0.3, 0.4) is 0 Å². The average Bonchev–Trinajstić information content (AvgIpc) is 3.33. The van der Waals surface area contributed by atoms with Crippen LogP contribution >= 0.6 is 0 Å². The predicted molar refractivity (Wildman–Crippen MR) is 95.5 cm³/mol. The molecule has 1 aliphatic carbocycles. The zero-order chi connectivity index (χ0) is 18.6. The van der Waals surface area contributed by atoms with E-state index in [2.05, 4.69) is 0 Å². The molecule has 2 heterocycles. The van der Waals surface area contributed by atoms with Gasteiger partial charge in [-0.25, -0.2) is 9.18 Å². The Labute approximate surface area is 149 Å². The molecule has 2 aromatic rings. The minimum atomic E-state index is -1.29. The molecule has 26 heavy (non-hydrogen) atoms. The van der Waals surface area contributed by atoms with Crippen molar-refractivity contribution in [2.24, 2.45) is 5.92 Å². The van der Waals surface area contributed by atoms with Crippen molar-refractivity contribution in [1.82, 2.24) is 4.57 Å². The standard InChI is InChI=1S/C19H21FN2O4/c1-10-16-13(6-15(20)17(10)21-5-4-11(7-21)9-23)18(24)14(19(25)26)8-22(16)12-2-3-12/h6,8,11-12,23H,2-5,7,9H2,1H3,(H,25,26)/t11-/m1/s1. The van der Waals surface area contributed by atoms with Crippen LogP contribution in [-0.2, 0) is 0 Å². The Hall–Kier alpha value is -2.41. The van der Waals surface area contributed by atoms with Gasteiger partial charge in [-0.1, -0.05) is 0 Å². The number of aromatic nitrogens is 1. The summed E-state index contributed by atoms with van der Waals surface area (Å²) in [4.78, 5) is 25.9. The fourth-order valence-electron chi connectivity index (χ4n) is 4.04. The maximum atomic E-state index is 14.9. The fourth-order valence-corrected chi connectivity index (χ4v) is 4.04. The number of rotatable bonds is 4. The highest BCUT2D eigenvalue weighted by atomic mass is 19.1. The smallest absolute Gasteiger partial charge is 0.341 e. The summed E-state index contributed by atoms with van der Waals surface area (Å²) in [5, 5.41) is 18.8. The molecule has 0 spiro atoms. The molecule has 138 valence electrons. The third-order valence-electron chi connectivity index (χ3n) is 5.51. The van der Waals surface area contributed by atoms with E-state index in [4.69, 9.17) is 0 Å². The lowest BCUT2D eigenvalue weighted by Crippen LogP contribution is -2.25. The van der Waals surface area contributed by atoms with E-state index in [1.54, 1.807) is 6.92 Å². The molecule has 1 aromatic heterocycles. The molecule has 0 unspecified atom stereocenters. The predicted octanol–water partition coefficient (Wildman–Crippen LogP) is 2.30. The first-order valence-electron chi connectivity index (χ1n) is 8.89.